The van der Waals surface area contributed by atoms with Crippen LogP contribution in [0.3, 0.4) is 0 Å². The van der Waals surface area contributed by atoms with Crippen LogP contribution in [-0.4, -0.2) is 16.1 Å². The van der Waals surface area contributed by atoms with Crippen molar-refractivity contribution in [3.8, 4) is 11.5 Å². The van der Waals surface area contributed by atoms with Crippen molar-refractivity contribution >= 4 is 22.4 Å². The number of hydrogen-bond acceptors (Lipinski definition) is 5. The molecule has 168 valence electrons. The summed E-state index contributed by atoms with van der Waals surface area (Å²) in [6, 6.07) is 27.3. The molecule has 0 radical (unpaired) electrons. The smallest absolute Gasteiger partial charge is 0.257 e. The molecule has 34 heavy (non-hydrogen) atoms. The summed E-state index contributed by atoms with van der Waals surface area (Å²) in [6.07, 6.45) is 2.36. The number of hydrogen-bond donors (Lipinski definition) is 5. The van der Waals surface area contributed by atoms with E-state index in [0.29, 0.717) is 17.8 Å². The van der Waals surface area contributed by atoms with E-state index in [0.717, 1.165) is 33.3 Å². The monoisotopic (exact) mass is 449 g/mol. The van der Waals surface area contributed by atoms with E-state index in [1.807, 2.05) is 48.5 Å². The highest BCUT2D eigenvalue weighted by molar-refractivity contribution is 6.07. The third kappa shape index (κ3) is 4.42. The Balaban J connectivity index is 1.46. The van der Waals surface area contributed by atoms with Gasteiger partial charge in [-0.2, -0.15) is 0 Å². The molecule has 1 aliphatic rings. The summed E-state index contributed by atoms with van der Waals surface area (Å²) in [5.74, 6) is 0.660. The van der Waals surface area contributed by atoms with Gasteiger partial charge in [-0.25, -0.2) is 0 Å². The Morgan fingerprint density at radius 2 is 1.59 bits per heavy atom. The van der Waals surface area contributed by atoms with E-state index in [9.17, 15) is 15.0 Å². The molecule has 0 saturated carbocycles. The number of nitrogens with one attached hydrogen (secondary N) is 3. The fourth-order valence-electron chi connectivity index (χ4n) is 3.98. The first-order chi connectivity index (χ1) is 16.6. The number of allylic oxidation sites excluding steroid dienone is 1. The predicted octanol–water partition coefficient (Wildman–Crippen LogP) is 4.58. The van der Waals surface area contributed by atoms with Crippen molar-refractivity contribution < 1.29 is 15.0 Å². The van der Waals surface area contributed by atoms with Crippen molar-refractivity contribution in [3.63, 3.8) is 0 Å². The van der Waals surface area contributed by atoms with E-state index >= 15 is 0 Å². The van der Waals surface area contributed by atoms with Crippen LogP contribution in [0.25, 0.3) is 16.5 Å². The van der Waals surface area contributed by atoms with Crippen LogP contribution in [0.15, 0.2) is 109 Å². The average molecular weight is 450 g/mol. The second kappa shape index (κ2) is 9.03. The number of carbonyl (C=O) groups excluding carboxylic acids is 1. The largest absolute Gasteiger partial charge is 0.508 e. The van der Waals surface area contributed by atoms with E-state index in [-0.39, 0.29) is 17.4 Å². The number of amides is 1. The van der Waals surface area contributed by atoms with E-state index in [1.165, 1.54) is 0 Å². The molecule has 0 aliphatic carbocycles. The van der Waals surface area contributed by atoms with Gasteiger partial charge in [0.15, 0.2) is 0 Å². The molecule has 0 saturated heterocycles. The van der Waals surface area contributed by atoms with Crippen LogP contribution in [0, 0.1) is 0 Å². The number of rotatable bonds is 5. The lowest BCUT2D eigenvalue weighted by molar-refractivity contribution is 0.0964. The Morgan fingerprint density at radius 3 is 2.38 bits per heavy atom. The summed E-state index contributed by atoms with van der Waals surface area (Å²) in [6.45, 7) is 0. The molecule has 0 spiro atoms. The Morgan fingerprint density at radius 1 is 0.824 bits per heavy atom. The van der Waals surface area contributed by atoms with Gasteiger partial charge >= 0.3 is 0 Å². The molecule has 0 aromatic heterocycles. The fourth-order valence-corrected chi connectivity index (χ4v) is 3.98. The standard InChI is InChI=1S/C28H23N3O3/c32-21-11-9-19(10-12-21)26-17-29-27(25(30-26)15-18-5-2-1-3-6-18)31-28(34)24-8-4-7-20-16-22(33)13-14-23(20)24/h1-14,16-17,29-30,32-33H,15H2,(H,31,34). The summed E-state index contributed by atoms with van der Waals surface area (Å²) in [7, 11) is 0. The minimum Gasteiger partial charge on any atom is -0.508 e. The van der Waals surface area contributed by atoms with Crippen LogP contribution < -0.4 is 16.0 Å². The summed E-state index contributed by atoms with van der Waals surface area (Å²) in [5, 5.41) is 30.6. The Hall–Kier alpha value is -4.71. The SMILES string of the molecule is O=C(NC1=C(Cc2ccccc2)NC(c2ccc(O)cc2)=CN1)c1cccc2cc(O)ccc12. The van der Waals surface area contributed by atoms with Crippen molar-refractivity contribution in [2.75, 3.05) is 0 Å². The molecule has 1 aliphatic heterocycles. The zero-order valence-electron chi connectivity index (χ0n) is 18.2. The third-order valence-corrected chi connectivity index (χ3v) is 5.70. The first kappa shape index (κ1) is 21.2. The van der Waals surface area contributed by atoms with Gasteiger partial charge in [-0.05, 0) is 70.4 Å². The molecular weight excluding hydrogens is 426 g/mol. The third-order valence-electron chi connectivity index (χ3n) is 5.70. The quantitative estimate of drug-likeness (QED) is 0.307. The number of phenolic OH excluding ortho intramolecular Hbond substituents is 2. The van der Waals surface area contributed by atoms with Crippen LogP contribution in [0.4, 0.5) is 0 Å². The highest BCUT2D eigenvalue weighted by Gasteiger charge is 2.19. The second-order valence-corrected chi connectivity index (χ2v) is 8.06. The molecule has 6 nitrogen and oxygen atoms in total. The number of fused-ring (bicyclic) bond motifs is 1. The predicted molar refractivity (Wildman–Crippen MR) is 133 cm³/mol. The van der Waals surface area contributed by atoms with Crippen molar-refractivity contribution in [1.29, 1.82) is 0 Å². The zero-order chi connectivity index (χ0) is 23.5. The van der Waals surface area contributed by atoms with Crippen molar-refractivity contribution in [1.82, 2.24) is 16.0 Å². The molecule has 6 heteroatoms. The Bertz CT molecular complexity index is 1420. The first-order valence-electron chi connectivity index (χ1n) is 10.9. The van der Waals surface area contributed by atoms with Gasteiger partial charge in [0.2, 0.25) is 0 Å². The van der Waals surface area contributed by atoms with Crippen molar-refractivity contribution in [3.05, 3.63) is 125 Å². The van der Waals surface area contributed by atoms with Gasteiger partial charge in [-0.1, -0.05) is 42.5 Å². The van der Waals surface area contributed by atoms with Crippen LogP contribution in [0.2, 0.25) is 0 Å². The maximum absolute atomic E-state index is 13.3. The topological polar surface area (TPSA) is 93.6 Å². The van der Waals surface area contributed by atoms with Gasteiger partial charge in [-0.3, -0.25) is 4.79 Å². The molecule has 0 fully saturated rings. The lowest BCUT2D eigenvalue weighted by Crippen LogP contribution is -2.37. The van der Waals surface area contributed by atoms with Crippen LogP contribution in [-0.2, 0) is 6.42 Å². The normalized spacial score (nSPS) is 13.1. The van der Waals surface area contributed by atoms with Gasteiger partial charge in [0, 0.05) is 18.2 Å². The Labute approximate surface area is 196 Å². The molecule has 0 bridgehead atoms. The van der Waals surface area contributed by atoms with Crippen molar-refractivity contribution in [2.24, 2.45) is 0 Å². The fraction of sp³-hybridized carbons (Fsp3) is 0.0357. The number of aromatic hydroxyl groups is 2. The highest BCUT2D eigenvalue weighted by Crippen LogP contribution is 2.25. The molecule has 4 aromatic rings. The molecule has 4 aromatic carbocycles. The van der Waals surface area contributed by atoms with Gasteiger partial charge in [0.25, 0.3) is 5.91 Å². The molecular formula is C28H23N3O3. The second-order valence-electron chi connectivity index (χ2n) is 8.06. The Kier molecular flexibility index (Phi) is 5.62. The molecule has 0 atom stereocenters. The maximum Gasteiger partial charge on any atom is 0.257 e. The van der Waals surface area contributed by atoms with E-state index in [4.69, 9.17) is 0 Å². The number of benzene rings is 4. The molecule has 0 unspecified atom stereocenters. The summed E-state index contributed by atoms with van der Waals surface area (Å²) < 4.78 is 0. The van der Waals surface area contributed by atoms with Gasteiger partial charge in [-0.15, -0.1) is 0 Å². The van der Waals surface area contributed by atoms with Gasteiger partial charge in [0.1, 0.15) is 17.3 Å². The van der Waals surface area contributed by atoms with Gasteiger partial charge in [0.05, 0.1) is 11.4 Å². The van der Waals surface area contributed by atoms with Crippen LogP contribution in [0.1, 0.15) is 21.5 Å². The summed E-state index contributed by atoms with van der Waals surface area (Å²) in [4.78, 5) is 13.3. The number of phenols is 2. The first-order valence-corrected chi connectivity index (χ1v) is 10.9. The lowest BCUT2D eigenvalue weighted by Gasteiger charge is -2.25. The average Bonchev–Trinajstić information content (AvgIpc) is 2.85. The van der Waals surface area contributed by atoms with E-state index < -0.39 is 0 Å². The highest BCUT2D eigenvalue weighted by atomic mass is 16.3. The van der Waals surface area contributed by atoms with Crippen LogP contribution >= 0.6 is 0 Å². The molecule has 1 amide bonds. The van der Waals surface area contributed by atoms with E-state index in [2.05, 4.69) is 16.0 Å². The minimum absolute atomic E-state index is 0.156. The lowest BCUT2D eigenvalue weighted by atomic mass is 10.0. The summed E-state index contributed by atoms with van der Waals surface area (Å²) >= 11 is 0. The maximum atomic E-state index is 13.3. The van der Waals surface area contributed by atoms with Crippen molar-refractivity contribution in [2.45, 2.75) is 6.42 Å². The minimum atomic E-state index is -0.257. The molecule has 5 rings (SSSR count). The van der Waals surface area contributed by atoms with E-state index in [1.54, 1.807) is 48.7 Å². The molecule has 1 heterocycles. The zero-order valence-corrected chi connectivity index (χ0v) is 18.2. The summed E-state index contributed by atoms with van der Waals surface area (Å²) in [5.41, 5.74) is 4.13. The van der Waals surface area contributed by atoms with Crippen LogP contribution in [0.5, 0.6) is 11.5 Å². The molecule has 5 N–H and O–H groups in total. The number of carbonyl (C=O) groups is 1. The van der Waals surface area contributed by atoms with Gasteiger partial charge < -0.3 is 26.2 Å².